The summed E-state index contributed by atoms with van der Waals surface area (Å²) in [7, 11) is 0. The van der Waals surface area contributed by atoms with E-state index in [0.717, 1.165) is 29.2 Å². The molecule has 106 valence electrons. The third kappa shape index (κ3) is 2.03. The van der Waals surface area contributed by atoms with Crippen molar-refractivity contribution >= 4 is 16.5 Å². The fourth-order valence-electron chi connectivity index (χ4n) is 2.91. The lowest BCUT2D eigenvalue weighted by Gasteiger charge is -2.05. The van der Waals surface area contributed by atoms with E-state index in [1.165, 1.54) is 22.5 Å². The SMILES string of the molecule is Cc1nc(N)sc1-c1nc(C2CCc3ccccc32)no1. The second-order valence-corrected chi connectivity index (χ2v) is 6.25. The van der Waals surface area contributed by atoms with E-state index >= 15 is 0 Å². The van der Waals surface area contributed by atoms with E-state index in [-0.39, 0.29) is 5.92 Å². The van der Waals surface area contributed by atoms with Gasteiger partial charge in [-0.05, 0) is 30.9 Å². The van der Waals surface area contributed by atoms with E-state index in [1.807, 2.05) is 6.92 Å². The van der Waals surface area contributed by atoms with Crippen LogP contribution in [0.25, 0.3) is 10.8 Å². The number of benzene rings is 1. The van der Waals surface area contributed by atoms with Gasteiger partial charge >= 0.3 is 0 Å². The molecule has 2 N–H and O–H groups in total. The Hall–Kier alpha value is -2.21. The highest BCUT2D eigenvalue weighted by molar-refractivity contribution is 7.18. The summed E-state index contributed by atoms with van der Waals surface area (Å²) in [5, 5.41) is 4.70. The van der Waals surface area contributed by atoms with E-state index < -0.39 is 0 Å². The van der Waals surface area contributed by atoms with Crippen LogP contribution >= 0.6 is 11.3 Å². The van der Waals surface area contributed by atoms with E-state index in [1.54, 1.807) is 0 Å². The van der Waals surface area contributed by atoms with Gasteiger partial charge in [-0.3, -0.25) is 0 Å². The van der Waals surface area contributed by atoms with Gasteiger partial charge < -0.3 is 10.3 Å². The molecule has 0 aliphatic heterocycles. The number of nitrogens with two attached hydrogens (primary N) is 1. The molecule has 3 aromatic rings. The van der Waals surface area contributed by atoms with Gasteiger partial charge in [0.15, 0.2) is 11.0 Å². The lowest BCUT2D eigenvalue weighted by atomic mass is 10.0. The number of nitrogens with zero attached hydrogens (tertiary/aromatic N) is 3. The number of fused-ring (bicyclic) bond motifs is 1. The average Bonchev–Trinajstić information content (AvgIpc) is 3.16. The Morgan fingerprint density at radius 3 is 2.95 bits per heavy atom. The minimum atomic E-state index is 0.226. The number of aryl methyl sites for hydroxylation is 2. The van der Waals surface area contributed by atoms with Gasteiger partial charge in [-0.2, -0.15) is 4.98 Å². The highest BCUT2D eigenvalue weighted by Gasteiger charge is 2.28. The van der Waals surface area contributed by atoms with Gasteiger partial charge in [-0.25, -0.2) is 4.98 Å². The van der Waals surface area contributed by atoms with Crippen LogP contribution in [0.4, 0.5) is 5.13 Å². The Morgan fingerprint density at radius 1 is 1.29 bits per heavy atom. The molecule has 0 saturated heterocycles. The van der Waals surface area contributed by atoms with E-state index in [9.17, 15) is 0 Å². The van der Waals surface area contributed by atoms with Crippen LogP contribution in [0.3, 0.4) is 0 Å². The van der Waals surface area contributed by atoms with Crippen LogP contribution in [0.5, 0.6) is 0 Å². The van der Waals surface area contributed by atoms with E-state index in [2.05, 4.69) is 39.4 Å². The smallest absolute Gasteiger partial charge is 0.270 e. The van der Waals surface area contributed by atoms with Crippen LogP contribution in [0.1, 0.15) is 35.0 Å². The lowest BCUT2D eigenvalue weighted by Crippen LogP contribution is -1.98. The van der Waals surface area contributed by atoms with Crippen LogP contribution in [0.2, 0.25) is 0 Å². The third-order valence-electron chi connectivity index (χ3n) is 3.89. The molecule has 0 fully saturated rings. The van der Waals surface area contributed by atoms with E-state index in [4.69, 9.17) is 10.3 Å². The van der Waals surface area contributed by atoms with Gasteiger partial charge in [-0.1, -0.05) is 40.8 Å². The molecule has 1 unspecified atom stereocenters. The molecule has 6 heteroatoms. The quantitative estimate of drug-likeness (QED) is 0.786. The summed E-state index contributed by atoms with van der Waals surface area (Å²) in [5.74, 6) is 1.49. The van der Waals surface area contributed by atoms with Crippen LogP contribution in [-0.4, -0.2) is 15.1 Å². The van der Waals surface area contributed by atoms with Gasteiger partial charge in [0.25, 0.3) is 5.89 Å². The molecule has 21 heavy (non-hydrogen) atoms. The first-order valence-electron chi connectivity index (χ1n) is 6.87. The molecular weight excluding hydrogens is 284 g/mol. The largest absolute Gasteiger partial charge is 0.375 e. The molecule has 1 aliphatic carbocycles. The lowest BCUT2D eigenvalue weighted by molar-refractivity contribution is 0.419. The monoisotopic (exact) mass is 298 g/mol. The summed E-state index contributed by atoms with van der Waals surface area (Å²) in [5.41, 5.74) is 9.25. The topological polar surface area (TPSA) is 77.8 Å². The first-order valence-corrected chi connectivity index (χ1v) is 7.68. The molecule has 0 bridgehead atoms. The molecule has 1 atom stereocenters. The van der Waals surface area contributed by atoms with Crippen molar-refractivity contribution in [3.63, 3.8) is 0 Å². The molecule has 0 radical (unpaired) electrons. The van der Waals surface area contributed by atoms with Crippen molar-refractivity contribution in [3.8, 4) is 10.8 Å². The number of nitrogen functional groups attached to an aromatic ring is 1. The van der Waals surface area contributed by atoms with Crippen LogP contribution in [0.15, 0.2) is 28.8 Å². The minimum absolute atomic E-state index is 0.226. The number of anilines is 1. The normalized spacial score (nSPS) is 17.1. The molecule has 5 nitrogen and oxygen atoms in total. The predicted octanol–water partition coefficient (Wildman–Crippen LogP) is 3.16. The van der Waals surface area contributed by atoms with Crippen molar-refractivity contribution < 1.29 is 4.52 Å². The molecule has 0 spiro atoms. The Kier molecular flexibility index (Phi) is 2.78. The third-order valence-corrected chi connectivity index (χ3v) is 4.87. The minimum Gasteiger partial charge on any atom is -0.375 e. The zero-order valence-electron chi connectivity index (χ0n) is 11.5. The fourth-order valence-corrected chi connectivity index (χ4v) is 3.66. The Labute approximate surface area is 125 Å². The molecule has 1 aliphatic rings. The summed E-state index contributed by atoms with van der Waals surface area (Å²) < 4.78 is 5.43. The van der Waals surface area contributed by atoms with Gasteiger partial charge in [0.2, 0.25) is 0 Å². The van der Waals surface area contributed by atoms with E-state index in [0.29, 0.717) is 11.0 Å². The summed E-state index contributed by atoms with van der Waals surface area (Å²) >= 11 is 1.38. The number of hydrogen-bond donors (Lipinski definition) is 1. The highest BCUT2D eigenvalue weighted by atomic mass is 32.1. The molecule has 2 aromatic heterocycles. The molecular formula is C15H14N4OS. The van der Waals surface area contributed by atoms with Crippen molar-refractivity contribution in [2.24, 2.45) is 0 Å². The van der Waals surface area contributed by atoms with Crippen molar-refractivity contribution in [1.29, 1.82) is 0 Å². The molecule has 2 heterocycles. The summed E-state index contributed by atoms with van der Waals surface area (Å²) in [4.78, 5) is 9.63. The number of aromatic nitrogens is 3. The van der Waals surface area contributed by atoms with Crippen LogP contribution < -0.4 is 5.73 Å². The van der Waals surface area contributed by atoms with Gasteiger partial charge in [-0.15, -0.1) is 0 Å². The molecule has 0 amide bonds. The molecule has 0 saturated carbocycles. The van der Waals surface area contributed by atoms with Crippen LogP contribution in [-0.2, 0) is 6.42 Å². The maximum atomic E-state index is 5.73. The zero-order valence-corrected chi connectivity index (χ0v) is 12.4. The van der Waals surface area contributed by atoms with Gasteiger partial charge in [0.05, 0.1) is 5.69 Å². The average molecular weight is 298 g/mol. The number of rotatable bonds is 2. The molecule has 4 rings (SSSR count). The first kappa shape index (κ1) is 12.5. The predicted molar refractivity (Wildman–Crippen MR) is 81.2 cm³/mol. The molecule has 1 aromatic carbocycles. The summed E-state index contributed by atoms with van der Waals surface area (Å²) in [6.45, 7) is 1.90. The number of thiazole rings is 1. The van der Waals surface area contributed by atoms with Gasteiger partial charge in [0, 0.05) is 5.92 Å². The number of hydrogen-bond acceptors (Lipinski definition) is 6. The second kappa shape index (κ2) is 4.66. The summed E-state index contributed by atoms with van der Waals surface area (Å²) in [6.07, 6.45) is 2.10. The maximum Gasteiger partial charge on any atom is 0.270 e. The summed E-state index contributed by atoms with van der Waals surface area (Å²) in [6, 6.07) is 8.46. The maximum absolute atomic E-state index is 5.73. The highest BCUT2D eigenvalue weighted by Crippen LogP contribution is 2.38. The van der Waals surface area contributed by atoms with Crippen molar-refractivity contribution in [3.05, 3.63) is 46.9 Å². The van der Waals surface area contributed by atoms with Crippen molar-refractivity contribution in [2.75, 3.05) is 5.73 Å². The second-order valence-electron chi connectivity index (χ2n) is 5.21. The first-order chi connectivity index (χ1) is 10.2. The zero-order chi connectivity index (χ0) is 14.4. The van der Waals surface area contributed by atoms with Crippen LogP contribution in [0, 0.1) is 6.92 Å². The Balaban J connectivity index is 1.71. The van der Waals surface area contributed by atoms with Crippen molar-refractivity contribution in [1.82, 2.24) is 15.1 Å². The Morgan fingerprint density at radius 2 is 2.14 bits per heavy atom. The fraction of sp³-hybridized carbons (Fsp3) is 0.267. The van der Waals surface area contributed by atoms with Crippen molar-refractivity contribution in [2.45, 2.75) is 25.7 Å². The standard InChI is InChI=1S/C15H14N4OS/c1-8-12(21-15(16)17-8)14-18-13(19-20-14)11-7-6-9-4-2-3-5-10(9)11/h2-5,11H,6-7H2,1H3,(H2,16,17). The van der Waals surface area contributed by atoms with Gasteiger partial charge in [0.1, 0.15) is 4.88 Å². The Bertz CT molecular complexity index is 808.